The van der Waals surface area contributed by atoms with Crippen LogP contribution in [0.3, 0.4) is 0 Å². The third kappa shape index (κ3) is 2.92. The minimum atomic E-state index is -0.996. The van der Waals surface area contributed by atoms with Crippen LogP contribution in [0.15, 0.2) is 0 Å². The quantitative estimate of drug-likeness (QED) is 0.670. The molecular weight excluding hydrogens is 188 g/mol. The lowest BCUT2D eigenvalue weighted by molar-refractivity contribution is -0.136. The maximum atomic E-state index is 10.7. The number of aryl methyl sites for hydroxylation is 1. The summed E-state index contributed by atoms with van der Waals surface area (Å²) in [6, 6.07) is 0. The van der Waals surface area contributed by atoms with Crippen molar-refractivity contribution in [3.05, 3.63) is 5.82 Å². The highest BCUT2D eigenvalue weighted by atomic mass is 16.4. The molecule has 0 amide bonds. The van der Waals surface area contributed by atoms with Crippen LogP contribution in [0.4, 0.5) is 0 Å². The zero-order valence-corrected chi connectivity index (χ0v) is 7.67. The molecule has 7 heteroatoms. The van der Waals surface area contributed by atoms with Crippen LogP contribution >= 0.6 is 0 Å². The fourth-order valence-electron chi connectivity index (χ4n) is 0.922. The van der Waals surface area contributed by atoms with Gasteiger partial charge in [0.2, 0.25) is 0 Å². The van der Waals surface area contributed by atoms with Crippen molar-refractivity contribution in [1.82, 2.24) is 20.2 Å². The van der Waals surface area contributed by atoms with Gasteiger partial charge < -0.3 is 5.11 Å². The Labute approximate surface area is 79.7 Å². The van der Waals surface area contributed by atoms with Gasteiger partial charge in [-0.05, 0) is 17.4 Å². The fourth-order valence-corrected chi connectivity index (χ4v) is 0.922. The molecule has 14 heavy (non-hydrogen) atoms. The van der Waals surface area contributed by atoms with Crippen LogP contribution in [-0.4, -0.2) is 37.1 Å². The largest absolute Gasteiger partial charge is 0.481 e. The monoisotopic (exact) mass is 198 g/mol. The number of Topliss-reactive ketones (excluding diaryl/α,β-unsaturated/α-hetero) is 1. The molecule has 1 aromatic heterocycles. The number of nitrogens with zero attached hydrogens (tertiary/aromatic N) is 4. The van der Waals surface area contributed by atoms with E-state index in [2.05, 4.69) is 15.5 Å². The normalized spacial score (nSPS) is 10.1. The van der Waals surface area contributed by atoms with Crippen LogP contribution in [0.5, 0.6) is 0 Å². The van der Waals surface area contributed by atoms with Gasteiger partial charge in [0, 0.05) is 6.42 Å². The van der Waals surface area contributed by atoms with Gasteiger partial charge in [0.15, 0.2) is 5.82 Å². The third-order valence-corrected chi connectivity index (χ3v) is 1.59. The molecule has 1 heterocycles. The summed E-state index contributed by atoms with van der Waals surface area (Å²) in [6.45, 7) is 1.78. The predicted molar refractivity (Wildman–Crippen MR) is 44.5 cm³/mol. The van der Waals surface area contributed by atoms with Gasteiger partial charge in [-0.2, -0.15) is 0 Å². The summed E-state index contributed by atoms with van der Waals surface area (Å²) in [4.78, 5) is 21.1. The summed E-state index contributed by atoms with van der Waals surface area (Å²) in [6.07, 6.45) is 0.0720. The molecule has 0 radical (unpaired) electrons. The Morgan fingerprint density at radius 3 is 2.79 bits per heavy atom. The molecule has 0 spiro atoms. The molecule has 0 bridgehead atoms. The van der Waals surface area contributed by atoms with Gasteiger partial charge in [-0.1, -0.05) is 0 Å². The van der Waals surface area contributed by atoms with Crippen molar-refractivity contribution in [3.8, 4) is 0 Å². The van der Waals surface area contributed by atoms with E-state index >= 15 is 0 Å². The Hall–Kier alpha value is -1.79. The van der Waals surface area contributed by atoms with E-state index in [4.69, 9.17) is 5.11 Å². The highest BCUT2D eigenvalue weighted by Crippen LogP contribution is 1.96. The molecule has 1 N–H and O–H groups in total. The molecular formula is C7H10N4O3. The van der Waals surface area contributed by atoms with E-state index in [-0.39, 0.29) is 18.0 Å². The summed E-state index contributed by atoms with van der Waals surface area (Å²) < 4.78 is 1.33. The van der Waals surface area contributed by atoms with Crippen molar-refractivity contribution >= 4 is 11.8 Å². The molecule has 0 fully saturated rings. The second-order valence-electron chi connectivity index (χ2n) is 2.84. The van der Waals surface area contributed by atoms with E-state index in [1.54, 1.807) is 0 Å². The first kappa shape index (κ1) is 10.3. The number of rotatable bonds is 5. The predicted octanol–water partition coefficient (Wildman–Crippen LogP) is -0.721. The van der Waals surface area contributed by atoms with Gasteiger partial charge in [-0.3, -0.25) is 9.59 Å². The van der Waals surface area contributed by atoms with Crippen molar-refractivity contribution in [1.29, 1.82) is 0 Å². The Morgan fingerprint density at radius 2 is 2.21 bits per heavy atom. The molecule has 1 rings (SSSR count). The first-order chi connectivity index (χ1) is 6.59. The van der Waals surface area contributed by atoms with Crippen molar-refractivity contribution in [2.24, 2.45) is 0 Å². The summed E-state index contributed by atoms with van der Waals surface area (Å²) in [5.41, 5.74) is 0. The minimum absolute atomic E-state index is 0.0155. The summed E-state index contributed by atoms with van der Waals surface area (Å²) in [5.74, 6) is -0.718. The lowest BCUT2D eigenvalue weighted by Crippen LogP contribution is -2.12. The zero-order valence-electron chi connectivity index (χ0n) is 7.67. The van der Waals surface area contributed by atoms with Gasteiger partial charge in [0.1, 0.15) is 12.2 Å². The lowest BCUT2D eigenvalue weighted by Gasteiger charge is -1.99. The van der Waals surface area contributed by atoms with E-state index in [1.807, 2.05) is 0 Å². The summed E-state index contributed by atoms with van der Waals surface area (Å²) in [5, 5.41) is 19.0. The van der Waals surface area contributed by atoms with Crippen molar-refractivity contribution in [3.63, 3.8) is 0 Å². The molecule has 0 saturated carbocycles. The number of tetrazole rings is 1. The fraction of sp³-hybridized carbons (Fsp3) is 0.571. The summed E-state index contributed by atoms with van der Waals surface area (Å²) in [7, 11) is 0. The molecule has 0 unspecified atom stereocenters. The lowest BCUT2D eigenvalue weighted by atomic mass is 10.3. The van der Waals surface area contributed by atoms with Crippen molar-refractivity contribution in [2.45, 2.75) is 26.3 Å². The van der Waals surface area contributed by atoms with Gasteiger partial charge in [0.05, 0.1) is 6.54 Å². The van der Waals surface area contributed by atoms with Gasteiger partial charge >= 0.3 is 5.97 Å². The average molecular weight is 198 g/mol. The standard InChI is InChI=1S/C7H10N4O3/c1-5(12)2-3-11-6(4-7(13)14)8-9-10-11/h2-4H2,1H3,(H,13,14). The van der Waals surface area contributed by atoms with Crippen LogP contribution < -0.4 is 0 Å². The highest BCUT2D eigenvalue weighted by molar-refractivity contribution is 5.75. The Bertz CT molecular complexity index is 346. The van der Waals surface area contributed by atoms with Crippen molar-refractivity contribution in [2.75, 3.05) is 0 Å². The van der Waals surface area contributed by atoms with Crippen LogP contribution in [0.1, 0.15) is 19.2 Å². The Balaban J connectivity index is 2.62. The van der Waals surface area contributed by atoms with Crippen LogP contribution in [0.2, 0.25) is 0 Å². The molecule has 0 aliphatic rings. The van der Waals surface area contributed by atoms with E-state index in [1.165, 1.54) is 11.6 Å². The van der Waals surface area contributed by atoms with E-state index < -0.39 is 5.97 Å². The van der Waals surface area contributed by atoms with Crippen LogP contribution in [-0.2, 0) is 22.6 Å². The number of carbonyl (C=O) groups is 2. The maximum Gasteiger partial charge on any atom is 0.311 e. The molecule has 76 valence electrons. The van der Waals surface area contributed by atoms with Gasteiger partial charge in [-0.15, -0.1) is 5.10 Å². The zero-order chi connectivity index (χ0) is 10.6. The number of aliphatic carboxylic acids is 1. The Morgan fingerprint density at radius 1 is 1.50 bits per heavy atom. The number of carboxylic acids is 1. The van der Waals surface area contributed by atoms with Crippen molar-refractivity contribution < 1.29 is 14.7 Å². The highest BCUT2D eigenvalue weighted by Gasteiger charge is 2.10. The number of aromatic nitrogens is 4. The molecule has 0 saturated heterocycles. The van der Waals surface area contributed by atoms with Gasteiger partial charge in [0.25, 0.3) is 0 Å². The number of hydrogen-bond donors (Lipinski definition) is 1. The van der Waals surface area contributed by atoms with E-state index in [9.17, 15) is 9.59 Å². The molecule has 0 atom stereocenters. The van der Waals surface area contributed by atoms with E-state index in [0.717, 1.165) is 0 Å². The number of carboxylic acid groups (broad SMARTS) is 1. The Kier molecular flexibility index (Phi) is 3.27. The molecule has 7 nitrogen and oxygen atoms in total. The first-order valence-electron chi connectivity index (χ1n) is 4.06. The minimum Gasteiger partial charge on any atom is -0.481 e. The van der Waals surface area contributed by atoms with Gasteiger partial charge in [-0.25, -0.2) is 4.68 Å². The van der Waals surface area contributed by atoms with Crippen LogP contribution in [0.25, 0.3) is 0 Å². The topological polar surface area (TPSA) is 98.0 Å². The molecule has 0 aliphatic carbocycles. The third-order valence-electron chi connectivity index (χ3n) is 1.59. The number of carbonyl (C=O) groups excluding carboxylic acids is 1. The average Bonchev–Trinajstić information content (AvgIpc) is 2.47. The van der Waals surface area contributed by atoms with E-state index in [0.29, 0.717) is 13.0 Å². The number of ketones is 1. The maximum absolute atomic E-state index is 10.7. The molecule has 0 aliphatic heterocycles. The number of hydrogen-bond acceptors (Lipinski definition) is 5. The SMILES string of the molecule is CC(=O)CCn1nnnc1CC(=O)O. The smallest absolute Gasteiger partial charge is 0.311 e. The summed E-state index contributed by atoms with van der Waals surface area (Å²) >= 11 is 0. The van der Waals surface area contributed by atoms with Crippen LogP contribution in [0, 0.1) is 0 Å². The second kappa shape index (κ2) is 4.45. The molecule has 1 aromatic rings. The molecule has 0 aromatic carbocycles. The second-order valence-corrected chi connectivity index (χ2v) is 2.84. The first-order valence-corrected chi connectivity index (χ1v) is 4.06.